The minimum absolute atomic E-state index is 0.0256. The van der Waals surface area contributed by atoms with Gasteiger partial charge in [0, 0.05) is 12.2 Å². The third kappa shape index (κ3) is 6.22. The molecule has 32 heavy (non-hydrogen) atoms. The van der Waals surface area contributed by atoms with E-state index in [2.05, 4.69) is 10.0 Å². The molecule has 3 rings (SSSR count). The van der Waals surface area contributed by atoms with Gasteiger partial charge in [-0.3, -0.25) is 4.79 Å². The molecule has 1 amide bonds. The Morgan fingerprint density at radius 3 is 2.47 bits per heavy atom. The third-order valence-corrected chi connectivity index (χ3v) is 5.90. The number of anilines is 1. The predicted octanol–water partition coefficient (Wildman–Crippen LogP) is 3.41. The van der Waals surface area contributed by atoms with Crippen molar-refractivity contribution in [3.8, 4) is 0 Å². The molecule has 0 unspecified atom stereocenters. The fraction of sp³-hybridized carbons (Fsp3) is 0.130. The lowest BCUT2D eigenvalue weighted by Crippen LogP contribution is -2.24. The summed E-state index contributed by atoms with van der Waals surface area (Å²) >= 11 is 0. The number of halogens is 1. The van der Waals surface area contributed by atoms with Crippen molar-refractivity contribution in [1.82, 2.24) is 4.72 Å². The van der Waals surface area contributed by atoms with Crippen LogP contribution in [0.1, 0.15) is 21.5 Å². The highest BCUT2D eigenvalue weighted by molar-refractivity contribution is 7.89. The summed E-state index contributed by atoms with van der Waals surface area (Å²) in [5.41, 5.74) is 1.67. The van der Waals surface area contributed by atoms with Crippen LogP contribution in [0.3, 0.4) is 0 Å². The number of carbonyl (C=O) groups excluding carboxylic acids is 2. The van der Waals surface area contributed by atoms with Gasteiger partial charge in [-0.15, -0.1) is 0 Å². The number of carbonyl (C=O) groups is 2. The van der Waals surface area contributed by atoms with E-state index in [0.29, 0.717) is 5.56 Å². The molecular weight excluding hydrogens is 435 g/mol. The summed E-state index contributed by atoms with van der Waals surface area (Å²) in [6.07, 6.45) is 0. The Morgan fingerprint density at radius 1 is 0.969 bits per heavy atom. The largest absolute Gasteiger partial charge is 0.452 e. The van der Waals surface area contributed by atoms with Crippen LogP contribution in [0.2, 0.25) is 0 Å². The molecular formula is C23H21FN2O5S. The van der Waals surface area contributed by atoms with Crippen LogP contribution in [0.25, 0.3) is 0 Å². The molecule has 7 nitrogen and oxygen atoms in total. The smallest absolute Gasteiger partial charge is 0.338 e. The molecule has 0 aliphatic heterocycles. The van der Waals surface area contributed by atoms with Gasteiger partial charge >= 0.3 is 5.97 Å². The van der Waals surface area contributed by atoms with E-state index in [0.717, 1.165) is 11.6 Å². The quantitative estimate of drug-likeness (QED) is 0.506. The van der Waals surface area contributed by atoms with Gasteiger partial charge in [0.2, 0.25) is 10.0 Å². The molecule has 0 aliphatic carbocycles. The monoisotopic (exact) mass is 456 g/mol. The van der Waals surface area contributed by atoms with E-state index in [-0.39, 0.29) is 22.7 Å². The second-order valence-corrected chi connectivity index (χ2v) is 8.69. The van der Waals surface area contributed by atoms with Gasteiger partial charge in [0.15, 0.2) is 6.61 Å². The molecule has 3 aromatic rings. The first-order valence-corrected chi connectivity index (χ1v) is 11.1. The van der Waals surface area contributed by atoms with Crippen LogP contribution < -0.4 is 10.0 Å². The van der Waals surface area contributed by atoms with E-state index in [1.807, 2.05) is 6.07 Å². The van der Waals surface area contributed by atoms with Gasteiger partial charge in [-0.1, -0.05) is 42.5 Å². The fourth-order valence-electron chi connectivity index (χ4n) is 2.78. The number of ether oxygens (including phenoxy) is 1. The summed E-state index contributed by atoms with van der Waals surface area (Å²) in [7, 11) is -3.87. The molecule has 0 radical (unpaired) electrons. The van der Waals surface area contributed by atoms with E-state index in [9.17, 15) is 22.4 Å². The summed E-state index contributed by atoms with van der Waals surface area (Å²) in [6.45, 7) is 1.17. The van der Waals surface area contributed by atoms with Crippen molar-refractivity contribution < 1.29 is 27.1 Å². The Balaban J connectivity index is 1.60. The standard InChI is InChI=1S/C23H21FN2O5S/c1-16-10-11-19(24)13-21(16)26-22(27)15-31-23(28)18-8-5-9-20(12-18)32(29,30)25-14-17-6-3-2-4-7-17/h2-13,25H,14-15H2,1H3,(H,26,27). The SMILES string of the molecule is Cc1ccc(F)cc1NC(=O)COC(=O)c1cccc(S(=O)(=O)NCc2ccccc2)c1. The Morgan fingerprint density at radius 2 is 1.72 bits per heavy atom. The minimum atomic E-state index is -3.87. The van der Waals surface area contributed by atoms with Crippen LogP contribution in [0.4, 0.5) is 10.1 Å². The number of nitrogens with one attached hydrogen (secondary N) is 2. The van der Waals surface area contributed by atoms with E-state index < -0.39 is 34.3 Å². The zero-order valence-electron chi connectivity index (χ0n) is 17.2. The zero-order chi connectivity index (χ0) is 23.1. The highest BCUT2D eigenvalue weighted by Gasteiger charge is 2.17. The first-order chi connectivity index (χ1) is 15.2. The van der Waals surface area contributed by atoms with E-state index in [1.54, 1.807) is 31.2 Å². The maximum absolute atomic E-state index is 13.3. The van der Waals surface area contributed by atoms with Gasteiger partial charge in [-0.2, -0.15) is 0 Å². The highest BCUT2D eigenvalue weighted by atomic mass is 32.2. The highest BCUT2D eigenvalue weighted by Crippen LogP contribution is 2.16. The predicted molar refractivity (Wildman–Crippen MR) is 117 cm³/mol. The molecule has 0 fully saturated rings. The van der Waals surface area contributed by atoms with Gasteiger partial charge in [0.25, 0.3) is 5.91 Å². The van der Waals surface area contributed by atoms with Crippen molar-refractivity contribution in [1.29, 1.82) is 0 Å². The van der Waals surface area contributed by atoms with Crippen molar-refractivity contribution in [2.75, 3.05) is 11.9 Å². The van der Waals surface area contributed by atoms with Gasteiger partial charge in [-0.05, 0) is 48.4 Å². The molecule has 9 heteroatoms. The Hall–Kier alpha value is -3.56. The third-order valence-electron chi connectivity index (χ3n) is 4.50. The maximum atomic E-state index is 13.3. The summed E-state index contributed by atoms with van der Waals surface area (Å²) in [4.78, 5) is 24.2. The molecule has 0 bridgehead atoms. The van der Waals surface area contributed by atoms with Crippen LogP contribution in [0, 0.1) is 12.7 Å². The van der Waals surface area contributed by atoms with Crippen molar-refractivity contribution >= 4 is 27.6 Å². The summed E-state index contributed by atoms with van der Waals surface area (Å²) in [5, 5.41) is 2.46. The number of rotatable bonds is 8. The molecule has 0 saturated carbocycles. The maximum Gasteiger partial charge on any atom is 0.338 e. The summed E-state index contributed by atoms with van der Waals surface area (Å²) < 4.78 is 45.9. The Labute approximate surface area is 185 Å². The van der Waals surface area contributed by atoms with Crippen LogP contribution in [0.5, 0.6) is 0 Å². The number of sulfonamides is 1. The first kappa shape index (κ1) is 23.1. The number of aryl methyl sites for hydroxylation is 1. The first-order valence-electron chi connectivity index (χ1n) is 9.61. The molecule has 0 spiro atoms. The van der Waals surface area contributed by atoms with Gasteiger partial charge in [0.1, 0.15) is 5.82 Å². The van der Waals surface area contributed by atoms with Crippen molar-refractivity contribution in [3.63, 3.8) is 0 Å². The lowest BCUT2D eigenvalue weighted by atomic mass is 10.2. The Bertz CT molecular complexity index is 1230. The van der Waals surface area contributed by atoms with E-state index in [4.69, 9.17) is 4.74 Å². The topological polar surface area (TPSA) is 102 Å². The number of benzene rings is 3. The average molecular weight is 456 g/mol. The Kier molecular flexibility index (Phi) is 7.34. The number of hydrogen-bond donors (Lipinski definition) is 2. The van der Waals surface area contributed by atoms with Crippen molar-refractivity contribution in [2.45, 2.75) is 18.4 Å². The average Bonchev–Trinajstić information content (AvgIpc) is 2.79. The zero-order valence-corrected chi connectivity index (χ0v) is 18.0. The summed E-state index contributed by atoms with van der Waals surface area (Å²) in [6, 6.07) is 18.2. The van der Waals surface area contributed by atoms with Crippen LogP contribution in [0.15, 0.2) is 77.7 Å². The molecule has 0 atom stereocenters. The second-order valence-electron chi connectivity index (χ2n) is 6.92. The molecule has 3 aromatic carbocycles. The number of hydrogen-bond acceptors (Lipinski definition) is 5. The van der Waals surface area contributed by atoms with Crippen LogP contribution in [-0.4, -0.2) is 26.9 Å². The molecule has 166 valence electrons. The lowest BCUT2D eigenvalue weighted by Gasteiger charge is -2.10. The minimum Gasteiger partial charge on any atom is -0.452 e. The van der Waals surface area contributed by atoms with Gasteiger partial charge < -0.3 is 10.1 Å². The fourth-order valence-corrected chi connectivity index (χ4v) is 3.84. The molecule has 0 aliphatic rings. The molecule has 0 aromatic heterocycles. The normalized spacial score (nSPS) is 11.1. The van der Waals surface area contributed by atoms with E-state index >= 15 is 0 Å². The van der Waals surface area contributed by atoms with Gasteiger partial charge in [-0.25, -0.2) is 22.3 Å². The van der Waals surface area contributed by atoms with Crippen molar-refractivity contribution in [3.05, 3.63) is 95.3 Å². The molecule has 0 heterocycles. The van der Waals surface area contributed by atoms with Crippen LogP contribution in [-0.2, 0) is 26.1 Å². The van der Waals surface area contributed by atoms with E-state index in [1.165, 1.54) is 36.4 Å². The van der Waals surface area contributed by atoms with Gasteiger partial charge in [0.05, 0.1) is 10.5 Å². The molecule has 0 saturated heterocycles. The van der Waals surface area contributed by atoms with Crippen LogP contribution >= 0.6 is 0 Å². The summed E-state index contributed by atoms with van der Waals surface area (Å²) in [5.74, 6) is -2.03. The second kappa shape index (κ2) is 10.2. The number of esters is 1. The van der Waals surface area contributed by atoms with Crippen molar-refractivity contribution in [2.24, 2.45) is 0 Å². The lowest BCUT2D eigenvalue weighted by molar-refractivity contribution is -0.119. The molecule has 2 N–H and O–H groups in total. The number of amides is 1.